The van der Waals surface area contributed by atoms with Crippen LogP contribution >= 0.6 is 43.5 Å². The molecule has 0 aliphatic carbocycles. The highest BCUT2D eigenvalue weighted by molar-refractivity contribution is 9.11. The molecule has 1 nitrogen and oxygen atoms in total. The minimum atomic E-state index is 0.208. The molecule has 0 spiro atoms. The summed E-state index contributed by atoms with van der Waals surface area (Å²) in [5.41, 5.74) is 1.06. The van der Waals surface area contributed by atoms with E-state index in [4.69, 9.17) is 16.3 Å². The Morgan fingerprint density at radius 3 is 2.27 bits per heavy atom. The molecule has 0 amide bonds. The summed E-state index contributed by atoms with van der Waals surface area (Å²) < 4.78 is 7.66. The summed E-state index contributed by atoms with van der Waals surface area (Å²) in [5, 5.41) is 0. The number of ether oxygens (including phenoxy) is 1. The van der Waals surface area contributed by atoms with Crippen molar-refractivity contribution in [2.45, 2.75) is 32.3 Å². The average molecular weight is 356 g/mol. The van der Waals surface area contributed by atoms with Gasteiger partial charge in [-0.2, -0.15) is 0 Å². The molecule has 15 heavy (non-hydrogen) atoms. The Labute approximate surface area is 112 Å². The second kappa shape index (κ2) is 6.12. The van der Waals surface area contributed by atoms with E-state index in [-0.39, 0.29) is 6.10 Å². The molecule has 1 aromatic rings. The lowest BCUT2D eigenvalue weighted by Crippen LogP contribution is -2.10. The van der Waals surface area contributed by atoms with Crippen molar-refractivity contribution in [2.24, 2.45) is 0 Å². The van der Waals surface area contributed by atoms with E-state index in [1.165, 1.54) is 0 Å². The van der Waals surface area contributed by atoms with Gasteiger partial charge in [-0.3, -0.25) is 0 Å². The van der Waals surface area contributed by atoms with Crippen LogP contribution in [-0.2, 0) is 5.88 Å². The predicted octanol–water partition coefficient (Wildman–Crippen LogP) is 5.13. The summed E-state index contributed by atoms with van der Waals surface area (Å²) >= 11 is 12.7. The Morgan fingerprint density at radius 2 is 1.87 bits per heavy atom. The van der Waals surface area contributed by atoms with Gasteiger partial charge in [0.25, 0.3) is 0 Å². The monoisotopic (exact) mass is 354 g/mol. The van der Waals surface area contributed by atoms with Crippen molar-refractivity contribution in [3.63, 3.8) is 0 Å². The standard InChI is InChI=1S/C11H13Br2ClO/c1-3-7(2)15-11-9(12)4-8(6-14)5-10(11)13/h4-5,7H,3,6H2,1-2H3. The van der Waals surface area contributed by atoms with E-state index in [1.807, 2.05) is 19.1 Å². The molecule has 1 unspecified atom stereocenters. The van der Waals surface area contributed by atoms with Crippen LogP contribution in [0.3, 0.4) is 0 Å². The molecule has 0 aromatic heterocycles. The van der Waals surface area contributed by atoms with E-state index in [0.717, 1.165) is 26.7 Å². The smallest absolute Gasteiger partial charge is 0.148 e. The topological polar surface area (TPSA) is 9.23 Å². The van der Waals surface area contributed by atoms with Gasteiger partial charge in [-0.1, -0.05) is 6.92 Å². The Kier molecular flexibility index (Phi) is 5.44. The van der Waals surface area contributed by atoms with Crippen molar-refractivity contribution >= 4 is 43.5 Å². The largest absolute Gasteiger partial charge is 0.488 e. The van der Waals surface area contributed by atoms with Gasteiger partial charge in [0, 0.05) is 5.88 Å². The van der Waals surface area contributed by atoms with E-state index in [1.54, 1.807) is 0 Å². The first-order valence-electron chi connectivity index (χ1n) is 4.79. The Balaban J connectivity index is 2.98. The lowest BCUT2D eigenvalue weighted by Gasteiger charge is -2.16. The molecule has 1 aromatic carbocycles. The fourth-order valence-corrected chi connectivity index (χ4v) is 2.71. The Hall–Kier alpha value is 0.270. The molecule has 0 aliphatic heterocycles. The van der Waals surface area contributed by atoms with Gasteiger partial charge in [-0.05, 0) is 62.9 Å². The third-order valence-electron chi connectivity index (χ3n) is 2.11. The van der Waals surface area contributed by atoms with Crippen molar-refractivity contribution in [1.29, 1.82) is 0 Å². The van der Waals surface area contributed by atoms with Crippen LogP contribution in [0.5, 0.6) is 5.75 Å². The molecular weight excluding hydrogens is 343 g/mol. The predicted molar refractivity (Wildman–Crippen MR) is 71.8 cm³/mol. The van der Waals surface area contributed by atoms with Crippen molar-refractivity contribution in [3.8, 4) is 5.75 Å². The molecule has 0 saturated carbocycles. The maximum Gasteiger partial charge on any atom is 0.148 e. The van der Waals surface area contributed by atoms with Crippen LogP contribution in [-0.4, -0.2) is 6.10 Å². The summed E-state index contributed by atoms with van der Waals surface area (Å²) in [6.45, 7) is 4.15. The Bertz CT molecular complexity index is 318. The second-order valence-corrected chi connectivity index (χ2v) is 5.33. The van der Waals surface area contributed by atoms with Crippen molar-refractivity contribution in [3.05, 3.63) is 26.6 Å². The normalized spacial score (nSPS) is 12.6. The lowest BCUT2D eigenvalue weighted by molar-refractivity contribution is 0.214. The minimum absolute atomic E-state index is 0.208. The second-order valence-electron chi connectivity index (χ2n) is 3.36. The summed E-state index contributed by atoms with van der Waals surface area (Å²) in [6, 6.07) is 3.96. The van der Waals surface area contributed by atoms with Crippen LogP contribution in [0, 0.1) is 0 Å². The van der Waals surface area contributed by atoms with Crippen LogP contribution < -0.4 is 4.74 Å². The minimum Gasteiger partial charge on any atom is -0.488 e. The highest BCUT2D eigenvalue weighted by Crippen LogP contribution is 2.36. The van der Waals surface area contributed by atoms with E-state index in [0.29, 0.717) is 5.88 Å². The van der Waals surface area contributed by atoms with Gasteiger partial charge in [0.1, 0.15) is 5.75 Å². The zero-order chi connectivity index (χ0) is 11.4. The summed E-state index contributed by atoms with van der Waals surface area (Å²) in [5.74, 6) is 1.35. The van der Waals surface area contributed by atoms with Crippen LogP contribution in [0.4, 0.5) is 0 Å². The van der Waals surface area contributed by atoms with Gasteiger partial charge in [0.05, 0.1) is 15.0 Å². The molecular formula is C11H13Br2ClO. The summed E-state index contributed by atoms with van der Waals surface area (Å²) in [4.78, 5) is 0. The number of benzene rings is 1. The molecule has 1 rings (SSSR count). The molecule has 4 heteroatoms. The number of hydrogen-bond donors (Lipinski definition) is 0. The van der Waals surface area contributed by atoms with Gasteiger partial charge < -0.3 is 4.74 Å². The van der Waals surface area contributed by atoms with Crippen LogP contribution in [0.2, 0.25) is 0 Å². The molecule has 0 N–H and O–H groups in total. The fourth-order valence-electron chi connectivity index (χ4n) is 1.09. The highest BCUT2D eigenvalue weighted by atomic mass is 79.9. The molecule has 0 heterocycles. The molecule has 0 bridgehead atoms. The van der Waals surface area contributed by atoms with Crippen molar-refractivity contribution < 1.29 is 4.74 Å². The maximum absolute atomic E-state index is 5.79. The molecule has 84 valence electrons. The van der Waals surface area contributed by atoms with Crippen LogP contribution in [0.15, 0.2) is 21.1 Å². The van der Waals surface area contributed by atoms with E-state index >= 15 is 0 Å². The molecule has 0 aliphatic rings. The third kappa shape index (κ3) is 3.65. The van der Waals surface area contributed by atoms with Crippen molar-refractivity contribution in [2.75, 3.05) is 0 Å². The SMILES string of the molecule is CCC(C)Oc1c(Br)cc(CCl)cc1Br. The van der Waals surface area contributed by atoms with Gasteiger partial charge in [0.2, 0.25) is 0 Å². The van der Waals surface area contributed by atoms with Gasteiger partial charge in [0.15, 0.2) is 0 Å². The number of hydrogen-bond acceptors (Lipinski definition) is 1. The van der Waals surface area contributed by atoms with E-state index in [9.17, 15) is 0 Å². The highest BCUT2D eigenvalue weighted by Gasteiger charge is 2.11. The van der Waals surface area contributed by atoms with Gasteiger partial charge in [-0.15, -0.1) is 11.6 Å². The Morgan fingerprint density at radius 1 is 1.33 bits per heavy atom. The summed E-state index contributed by atoms with van der Waals surface area (Å²) in [7, 11) is 0. The van der Waals surface area contributed by atoms with E-state index < -0.39 is 0 Å². The fraction of sp³-hybridized carbons (Fsp3) is 0.455. The van der Waals surface area contributed by atoms with Crippen LogP contribution in [0.25, 0.3) is 0 Å². The molecule has 1 atom stereocenters. The first kappa shape index (κ1) is 13.3. The molecule has 0 saturated heterocycles. The average Bonchev–Trinajstić information content (AvgIpc) is 2.22. The van der Waals surface area contributed by atoms with E-state index in [2.05, 4.69) is 38.8 Å². The molecule has 0 fully saturated rings. The quantitative estimate of drug-likeness (QED) is 0.680. The lowest BCUT2D eigenvalue weighted by atomic mass is 10.2. The maximum atomic E-state index is 5.79. The van der Waals surface area contributed by atoms with Crippen LogP contribution in [0.1, 0.15) is 25.8 Å². The number of halogens is 3. The zero-order valence-corrected chi connectivity index (χ0v) is 12.6. The van der Waals surface area contributed by atoms with Gasteiger partial charge >= 0.3 is 0 Å². The first-order valence-corrected chi connectivity index (χ1v) is 6.91. The third-order valence-corrected chi connectivity index (χ3v) is 3.59. The van der Waals surface area contributed by atoms with Crippen molar-refractivity contribution in [1.82, 2.24) is 0 Å². The first-order chi connectivity index (χ1) is 7.08. The summed E-state index contributed by atoms with van der Waals surface area (Å²) in [6.07, 6.45) is 1.19. The molecule has 0 radical (unpaired) electrons. The zero-order valence-electron chi connectivity index (χ0n) is 8.69. The van der Waals surface area contributed by atoms with Gasteiger partial charge in [-0.25, -0.2) is 0 Å². The number of rotatable bonds is 4. The number of alkyl halides is 1.